The molecule has 0 amide bonds. The summed E-state index contributed by atoms with van der Waals surface area (Å²) in [6.07, 6.45) is 7.06. The number of H-pyrrole nitrogens is 1. The molecule has 3 heterocycles. The number of hydrogen-bond acceptors (Lipinski definition) is 5. The monoisotopic (exact) mass is 332 g/mol. The van der Waals surface area contributed by atoms with E-state index in [1.807, 2.05) is 0 Å². The maximum Gasteiger partial charge on any atom is 0.177 e. The first-order valence-electron chi connectivity index (χ1n) is 7.99. The van der Waals surface area contributed by atoms with Crippen molar-refractivity contribution in [1.82, 2.24) is 15.2 Å². The number of pyridine rings is 1. The van der Waals surface area contributed by atoms with E-state index >= 15 is 0 Å². The predicted molar refractivity (Wildman–Crippen MR) is 87.5 cm³/mol. The van der Waals surface area contributed by atoms with Crippen molar-refractivity contribution in [2.45, 2.75) is 36.5 Å². The Morgan fingerprint density at radius 2 is 2.00 bits per heavy atom. The van der Waals surface area contributed by atoms with E-state index in [2.05, 4.69) is 20.1 Å². The molecule has 2 aromatic rings. The summed E-state index contributed by atoms with van der Waals surface area (Å²) in [5, 5.41) is 7.72. The lowest BCUT2D eigenvalue weighted by atomic mass is 10.1. The first-order valence-corrected chi connectivity index (χ1v) is 9.88. The van der Waals surface area contributed by atoms with E-state index < -0.39 is 9.84 Å². The van der Waals surface area contributed by atoms with Crippen LogP contribution in [0.5, 0.6) is 0 Å². The average molecular weight is 332 g/mol. The number of aromatic nitrogens is 3. The lowest BCUT2D eigenvalue weighted by molar-refractivity contribution is 0.601. The van der Waals surface area contributed by atoms with Gasteiger partial charge < -0.3 is 4.90 Å². The van der Waals surface area contributed by atoms with Crippen molar-refractivity contribution in [1.29, 1.82) is 0 Å². The molecule has 0 atom stereocenters. The average Bonchev–Trinajstić information content (AvgIpc) is 3.32. The van der Waals surface area contributed by atoms with Gasteiger partial charge in [-0.3, -0.25) is 5.10 Å². The molecule has 0 radical (unpaired) electrons. The standard InChI is InChI=1S/C16H20N4O2S/c1-23(21,22)12-4-5-15(17-10-12)20-8-6-13-14(7-9-20)18-19-16(13)11-2-3-11/h4-5,10-11H,2-3,6-9H2,1H3,(H,18,19). The Morgan fingerprint density at radius 3 is 2.65 bits per heavy atom. The van der Waals surface area contributed by atoms with Gasteiger partial charge in [-0.25, -0.2) is 13.4 Å². The van der Waals surface area contributed by atoms with Crippen LogP contribution in [-0.4, -0.2) is 42.9 Å². The molecule has 6 nitrogen and oxygen atoms in total. The SMILES string of the molecule is CS(=O)(=O)c1ccc(N2CCc3[nH]nc(C4CC4)c3CC2)nc1. The molecule has 0 bridgehead atoms. The Labute approximate surface area is 135 Å². The van der Waals surface area contributed by atoms with Crippen LogP contribution in [0.15, 0.2) is 23.2 Å². The summed E-state index contributed by atoms with van der Waals surface area (Å²) in [6, 6.07) is 3.44. The normalized spacial score (nSPS) is 18.6. The van der Waals surface area contributed by atoms with Crippen molar-refractivity contribution in [3.05, 3.63) is 35.3 Å². The zero-order chi connectivity index (χ0) is 16.0. The molecule has 0 spiro atoms. The number of aromatic amines is 1. The molecule has 1 saturated carbocycles. The molecule has 0 unspecified atom stereocenters. The summed E-state index contributed by atoms with van der Waals surface area (Å²) in [7, 11) is -3.19. The highest BCUT2D eigenvalue weighted by molar-refractivity contribution is 7.90. The Hall–Kier alpha value is -1.89. The molecule has 2 aromatic heterocycles. The van der Waals surface area contributed by atoms with Gasteiger partial charge in [0, 0.05) is 43.6 Å². The minimum atomic E-state index is -3.19. The van der Waals surface area contributed by atoms with E-state index in [4.69, 9.17) is 0 Å². The second-order valence-electron chi connectivity index (χ2n) is 6.45. The van der Waals surface area contributed by atoms with Crippen LogP contribution < -0.4 is 4.90 Å². The smallest absolute Gasteiger partial charge is 0.177 e. The van der Waals surface area contributed by atoms with Crippen LogP contribution in [-0.2, 0) is 22.7 Å². The fourth-order valence-corrected chi connectivity index (χ4v) is 3.77. The van der Waals surface area contributed by atoms with Gasteiger partial charge in [0.25, 0.3) is 0 Å². The second kappa shape index (κ2) is 5.33. The molecule has 0 saturated heterocycles. The van der Waals surface area contributed by atoms with Crippen molar-refractivity contribution < 1.29 is 8.42 Å². The highest BCUT2D eigenvalue weighted by atomic mass is 32.2. The van der Waals surface area contributed by atoms with Gasteiger partial charge in [-0.15, -0.1) is 0 Å². The fraction of sp³-hybridized carbons (Fsp3) is 0.500. The number of anilines is 1. The van der Waals surface area contributed by atoms with E-state index in [9.17, 15) is 8.42 Å². The Bertz CT molecular complexity index is 822. The molecule has 0 aromatic carbocycles. The third kappa shape index (κ3) is 2.85. The van der Waals surface area contributed by atoms with Crippen molar-refractivity contribution in [2.75, 3.05) is 24.2 Å². The van der Waals surface area contributed by atoms with Gasteiger partial charge in [-0.05, 0) is 37.0 Å². The lowest BCUT2D eigenvalue weighted by Crippen LogP contribution is -2.27. The fourth-order valence-electron chi connectivity index (χ4n) is 3.21. The molecule has 2 aliphatic rings. The van der Waals surface area contributed by atoms with Crippen LogP contribution in [0.1, 0.15) is 35.7 Å². The maximum absolute atomic E-state index is 11.5. The first-order chi connectivity index (χ1) is 11.0. The minimum absolute atomic E-state index is 0.265. The zero-order valence-corrected chi connectivity index (χ0v) is 13.9. The van der Waals surface area contributed by atoms with E-state index in [1.165, 1.54) is 42.2 Å². The topological polar surface area (TPSA) is 79.0 Å². The van der Waals surface area contributed by atoms with Crippen LogP contribution >= 0.6 is 0 Å². The van der Waals surface area contributed by atoms with Gasteiger partial charge in [0.1, 0.15) is 5.82 Å². The highest BCUT2D eigenvalue weighted by Gasteiger charge is 2.31. The van der Waals surface area contributed by atoms with Gasteiger partial charge >= 0.3 is 0 Å². The zero-order valence-electron chi connectivity index (χ0n) is 13.1. The first kappa shape index (κ1) is 14.7. The summed E-state index contributed by atoms with van der Waals surface area (Å²) in [5.74, 6) is 1.50. The van der Waals surface area contributed by atoms with Crippen molar-refractivity contribution in [3.63, 3.8) is 0 Å². The summed E-state index contributed by atoms with van der Waals surface area (Å²) < 4.78 is 23.1. The van der Waals surface area contributed by atoms with E-state index in [0.29, 0.717) is 5.92 Å². The van der Waals surface area contributed by atoms with E-state index in [1.54, 1.807) is 12.1 Å². The number of hydrogen-bond donors (Lipinski definition) is 1. The number of rotatable bonds is 3. The Morgan fingerprint density at radius 1 is 1.22 bits per heavy atom. The number of nitrogens with one attached hydrogen (secondary N) is 1. The van der Waals surface area contributed by atoms with Gasteiger partial charge in [-0.1, -0.05) is 0 Å². The molecule has 1 fully saturated rings. The summed E-state index contributed by atoms with van der Waals surface area (Å²) in [5.41, 5.74) is 3.91. The largest absolute Gasteiger partial charge is 0.356 e. The summed E-state index contributed by atoms with van der Waals surface area (Å²) in [4.78, 5) is 6.83. The second-order valence-corrected chi connectivity index (χ2v) is 8.47. The van der Waals surface area contributed by atoms with Crippen molar-refractivity contribution in [3.8, 4) is 0 Å². The molecule has 7 heteroatoms. The van der Waals surface area contributed by atoms with Crippen LogP contribution in [0.4, 0.5) is 5.82 Å². The summed E-state index contributed by atoms with van der Waals surface area (Å²) >= 11 is 0. The highest BCUT2D eigenvalue weighted by Crippen LogP contribution is 2.41. The molecule has 4 rings (SSSR count). The third-order valence-corrected chi connectivity index (χ3v) is 5.78. The maximum atomic E-state index is 11.5. The Balaban J connectivity index is 1.53. The molecule has 1 aliphatic carbocycles. The van der Waals surface area contributed by atoms with Gasteiger partial charge in [0.05, 0.1) is 10.6 Å². The van der Waals surface area contributed by atoms with Crippen molar-refractivity contribution >= 4 is 15.7 Å². The van der Waals surface area contributed by atoms with Crippen LogP contribution in [0, 0.1) is 0 Å². The number of sulfone groups is 1. The van der Waals surface area contributed by atoms with Crippen LogP contribution in [0.3, 0.4) is 0 Å². The minimum Gasteiger partial charge on any atom is -0.356 e. The Kier molecular flexibility index (Phi) is 3.41. The number of nitrogens with zero attached hydrogens (tertiary/aromatic N) is 3. The molecule has 1 aliphatic heterocycles. The van der Waals surface area contributed by atoms with E-state index in [0.717, 1.165) is 31.7 Å². The van der Waals surface area contributed by atoms with Gasteiger partial charge in [0.15, 0.2) is 9.84 Å². The van der Waals surface area contributed by atoms with Crippen LogP contribution in [0.25, 0.3) is 0 Å². The van der Waals surface area contributed by atoms with Crippen LogP contribution in [0.2, 0.25) is 0 Å². The molecule has 23 heavy (non-hydrogen) atoms. The number of fused-ring (bicyclic) bond motifs is 1. The van der Waals surface area contributed by atoms with E-state index in [-0.39, 0.29) is 4.90 Å². The van der Waals surface area contributed by atoms with Gasteiger partial charge in [-0.2, -0.15) is 5.10 Å². The summed E-state index contributed by atoms with van der Waals surface area (Å²) in [6.45, 7) is 1.75. The lowest BCUT2D eigenvalue weighted by Gasteiger charge is -2.21. The molecule has 122 valence electrons. The van der Waals surface area contributed by atoms with Gasteiger partial charge in [0.2, 0.25) is 0 Å². The molecular weight excluding hydrogens is 312 g/mol. The molecule has 1 N–H and O–H groups in total. The molecular formula is C16H20N4O2S. The predicted octanol–water partition coefficient (Wildman–Crippen LogP) is 1.69. The quantitative estimate of drug-likeness (QED) is 0.925. The third-order valence-electron chi connectivity index (χ3n) is 4.69. The van der Waals surface area contributed by atoms with Crippen molar-refractivity contribution in [2.24, 2.45) is 0 Å².